The van der Waals surface area contributed by atoms with Gasteiger partial charge in [-0.3, -0.25) is 13.9 Å². The van der Waals surface area contributed by atoms with Crippen LogP contribution in [0, 0.1) is 6.92 Å². The molecule has 0 radical (unpaired) electrons. The van der Waals surface area contributed by atoms with Gasteiger partial charge >= 0.3 is 5.69 Å². The van der Waals surface area contributed by atoms with Crippen molar-refractivity contribution < 1.29 is 0 Å². The standard InChI is InChI=1S/C23H22ClN5O2/c1-15-9-10-17(24)13-18(15)27-11-6-12-28-19-20(25-22(27)28)26(2)23(31)29(21(19)30)14-16-7-4-3-5-8-16/h3-5,7-10,13H,6,11-12,14H2,1-2H3. The fourth-order valence-electron chi connectivity index (χ4n) is 4.27. The van der Waals surface area contributed by atoms with Crippen LogP contribution in [0.5, 0.6) is 0 Å². The highest BCUT2D eigenvalue weighted by molar-refractivity contribution is 6.30. The van der Waals surface area contributed by atoms with E-state index in [0.717, 1.165) is 29.8 Å². The smallest absolute Gasteiger partial charge is 0.312 e. The van der Waals surface area contributed by atoms with Crippen LogP contribution in [0.2, 0.25) is 5.02 Å². The number of rotatable bonds is 3. The molecule has 0 saturated heterocycles. The molecule has 0 spiro atoms. The van der Waals surface area contributed by atoms with E-state index < -0.39 is 0 Å². The number of aryl methyl sites for hydroxylation is 3. The summed E-state index contributed by atoms with van der Waals surface area (Å²) in [6, 6.07) is 15.3. The third kappa shape index (κ3) is 3.16. The molecule has 31 heavy (non-hydrogen) atoms. The monoisotopic (exact) mass is 435 g/mol. The second-order valence-electron chi connectivity index (χ2n) is 7.89. The lowest BCUT2D eigenvalue weighted by molar-refractivity contribution is 0.597. The van der Waals surface area contributed by atoms with Crippen LogP contribution in [-0.4, -0.2) is 25.2 Å². The first-order valence-corrected chi connectivity index (χ1v) is 10.6. The predicted molar refractivity (Wildman–Crippen MR) is 123 cm³/mol. The largest absolute Gasteiger partial charge is 0.332 e. The highest BCUT2D eigenvalue weighted by Gasteiger charge is 2.27. The zero-order valence-corrected chi connectivity index (χ0v) is 18.1. The Morgan fingerprint density at radius 3 is 2.61 bits per heavy atom. The van der Waals surface area contributed by atoms with Gasteiger partial charge in [0, 0.05) is 30.8 Å². The molecule has 8 heteroatoms. The first-order valence-electron chi connectivity index (χ1n) is 10.2. The Kier molecular flexibility index (Phi) is 4.70. The number of anilines is 2. The van der Waals surface area contributed by atoms with E-state index in [1.54, 1.807) is 7.05 Å². The molecule has 1 aliphatic heterocycles. The molecule has 3 heterocycles. The van der Waals surface area contributed by atoms with Gasteiger partial charge in [0.2, 0.25) is 5.95 Å². The number of imidazole rings is 1. The lowest BCUT2D eigenvalue weighted by Crippen LogP contribution is -2.40. The van der Waals surface area contributed by atoms with Crippen LogP contribution in [0.25, 0.3) is 11.2 Å². The maximum absolute atomic E-state index is 13.5. The van der Waals surface area contributed by atoms with Crippen molar-refractivity contribution >= 4 is 34.4 Å². The van der Waals surface area contributed by atoms with E-state index in [-0.39, 0.29) is 17.8 Å². The summed E-state index contributed by atoms with van der Waals surface area (Å²) in [7, 11) is 1.67. The number of halogens is 1. The van der Waals surface area contributed by atoms with Crippen LogP contribution >= 0.6 is 11.6 Å². The second kappa shape index (κ2) is 7.42. The Hall–Kier alpha value is -3.32. The van der Waals surface area contributed by atoms with Gasteiger partial charge in [0.15, 0.2) is 11.2 Å². The Balaban J connectivity index is 1.73. The van der Waals surface area contributed by atoms with E-state index in [2.05, 4.69) is 4.90 Å². The molecule has 0 atom stereocenters. The molecule has 0 amide bonds. The predicted octanol–water partition coefficient (Wildman–Crippen LogP) is 3.45. The second-order valence-corrected chi connectivity index (χ2v) is 8.33. The molecule has 7 nitrogen and oxygen atoms in total. The van der Waals surface area contributed by atoms with E-state index in [1.807, 2.05) is 60.0 Å². The molecule has 0 bridgehead atoms. The topological polar surface area (TPSA) is 65.1 Å². The molecule has 4 aromatic rings. The van der Waals surface area contributed by atoms with Crippen molar-refractivity contribution in [2.45, 2.75) is 26.4 Å². The minimum atomic E-state index is -0.373. The van der Waals surface area contributed by atoms with E-state index in [1.165, 1.54) is 9.13 Å². The van der Waals surface area contributed by atoms with Gasteiger partial charge in [-0.05, 0) is 36.6 Å². The quantitative estimate of drug-likeness (QED) is 0.494. The normalized spacial score (nSPS) is 13.6. The van der Waals surface area contributed by atoms with E-state index in [9.17, 15) is 9.59 Å². The summed E-state index contributed by atoms with van der Waals surface area (Å²) in [6.07, 6.45) is 0.853. The van der Waals surface area contributed by atoms with Gasteiger partial charge in [-0.2, -0.15) is 4.98 Å². The molecule has 0 fully saturated rings. The number of benzene rings is 2. The zero-order valence-electron chi connectivity index (χ0n) is 17.4. The molecule has 0 unspecified atom stereocenters. The maximum Gasteiger partial charge on any atom is 0.332 e. The molecular weight excluding hydrogens is 414 g/mol. The number of fused-ring (bicyclic) bond motifs is 3. The summed E-state index contributed by atoms with van der Waals surface area (Å²) >= 11 is 6.26. The van der Waals surface area contributed by atoms with Crippen LogP contribution in [-0.2, 0) is 20.1 Å². The van der Waals surface area contributed by atoms with Gasteiger partial charge in [-0.1, -0.05) is 48.0 Å². The molecule has 0 N–H and O–H groups in total. The Morgan fingerprint density at radius 1 is 1.06 bits per heavy atom. The molecular formula is C23H22ClN5O2. The van der Waals surface area contributed by atoms with Crippen molar-refractivity contribution in [2.75, 3.05) is 11.4 Å². The van der Waals surface area contributed by atoms with Crippen molar-refractivity contribution in [1.82, 2.24) is 18.7 Å². The molecule has 158 valence electrons. The van der Waals surface area contributed by atoms with E-state index >= 15 is 0 Å². The van der Waals surface area contributed by atoms with Crippen molar-refractivity contribution in [3.8, 4) is 0 Å². The van der Waals surface area contributed by atoms with Gasteiger partial charge in [0.05, 0.1) is 6.54 Å². The lowest BCUT2D eigenvalue weighted by atomic mass is 10.1. The third-order valence-electron chi connectivity index (χ3n) is 5.86. The van der Waals surface area contributed by atoms with Crippen molar-refractivity contribution in [3.05, 3.63) is 85.5 Å². The first kappa shape index (κ1) is 19.6. The highest BCUT2D eigenvalue weighted by Crippen LogP contribution is 2.34. The minimum absolute atomic E-state index is 0.222. The van der Waals surface area contributed by atoms with Gasteiger partial charge in [0.1, 0.15) is 0 Å². The van der Waals surface area contributed by atoms with Gasteiger partial charge < -0.3 is 9.47 Å². The number of hydrogen-bond acceptors (Lipinski definition) is 4. The Morgan fingerprint density at radius 2 is 1.84 bits per heavy atom. The fraction of sp³-hybridized carbons (Fsp3) is 0.261. The summed E-state index contributed by atoms with van der Waals surface area (Å²) in [5.41, 5.74) is 3.10. The summed E-state index contributed by atoms with van der Waals surface area (Å²) in [5, 5.41) is 0.645. The van der Waals surface area contributed by atoms with Gasteiger partial charge in [-0.15, -0.1) is 0 Å². The zero-order chi connectivity index (χ0) is 21.7. The van der Waals surface area contributed by atoms with Crippen molar-refractivity contribution in [1.29, 1.82) is 0 Å². The average molecular weight is 436 g/mol. The van der Waals surface area contributed by atoms with Crippen LogP contribution in [0.1, 0.15) is 17.5 Å². The first-order chi connectivity index (χ1) is 15.0. The number of hydrogen-bond donors (Lipinski definition) is 0. The summed E-state index contributed by atoms with van der Waals surface area (Å²) < 4.78 is 4.69. The van der Waals surface area contributed by atoms with Crippen LogP contribution in [0.3, 0.4) is 0 Å². The molecule has 1 aliphatic rings. The van der Waals surface area contributed by atoms with Crippen LogP contribution in [0.15, 0.2) is 58.1 Å². The minimum Gasteiger partial charge on any atom is -0.312 e. The molecule has 0 aliphatic carbocycles. The summed E-state index contributed by atoms with van der Waals surface area (Å²) in [5.74, 6) is 0.663. The van der Waals surface area contributed by atoms with Crippen molar-refractivity contribution in [3.63, 3.8) is 0 Å². The fourth-order valence-corrected chi connectivity index (χ4v) is 4.44. The molecule has 0 saturated carbocycles. The molecule has 2 aromatic carbocycles. The van der Waals surface area contributed by atoms with E-state index in [0.29, 0.717) is 28.7 Å². The number of aromatic nitrogens is 4. The van der Waals surface area contributed by atoms with Crippen LogP contribution in [0.4, 0.5) is 11.6 Å². The summed E-state index contributed by atoms with van der Waals surface area (Å²) in [6.45, 7) is 3.67. The Labute approximate surface area is 183 Å². The van der Waals surface area contributed by atoms with Gasteiger partial charge in [-0.25, -0.2) is 4.79 Å². The van der Waals surface area contributed by atoms with Crippen LogP contribution < -0.4 is 16.1 Å². The van der Waals surface area contributed by atoms with Gasteiger partial charge in [0.25, 0.3) is 5.56 Å². The van der Waals surface area contributed by atoms with E-state index in [4.69, 9.17) is 16.6 Å². The Bertz CT molecular complexity index is 1420. The maximum atomic E-state index is 13.5. The molecule has 2 aromatic heterocycles. The SMILES string of the molecule is Cc1ccc(Cl)cc1N1CCCn2c1nc1c2c(=O)n(Cc2ccccc2)c(=O)n1C. The highest BCUT2D eigenvalue weighted by atomic mass is 35.5. The molecule has 5 rings (SSSR count). The lowest BCUT2D eigenvalue weighted by Gasteiger charge is -2.30. The average Bonchev–Trinajstić information content (AvgIpc) is 3.18. The third-order valence-corrected chi connectivity index (χ3v) is 6.10. The summed E-state index contributed by atoms with van der Waals surface area (Å²) in [4.78, 5) is 33.3. The number of nitrogens with zero attached hydrogens (tertiary/aromatic N) is 5. The van der Waals surface area contributed by atoms with Crippen molar-refractivity contribution in [2.24, 2.45) is 7.05 Å².